The number of rotatable bonds is 5. The van der Waals surface area contributed by atoms with Gasteiger partial charge in [-0.3, -0.25) is 0 Å². The highest BCUT2D eigenvalue weighted by Gasteiger charge is 2.32. The van der Waals surface area contributed by atoms with Gasteiger partial charge < -0.3 is 9.84 Å². The van der Waals surface area contributed by atoms with Crippen LogP contribution in [0.2, 0.25) is 0 Å². The van der Waals surface area contributed by atoms with E-state index in [0.717, 1.165) is 25.7 Å². The van der Waals surface area contributed by atoms with Crippen molar-refractivity contribution in [3.05, 3.63) is 35.4 Å². The molecule has 2 unspecified atom stereocenters. The third-order valence-corrected chi connectivity index (χ3v) is 4.05. The topological polar surface area (TPSA) is 29.5 Å². The minimum absolute atomic E-state index is 0.0224. The molecule has 0 saturated carbocycles. The lowest BCUT2D eigenvalue weighted by molar-refractivity contribution is -0.0276. The maximum absolute atomic E-state index is 9.58. The highest BCUT2D eigenvalue weighted by atomic mass is 16.5. The Kier molecular flexibility index (Phi) is 4.64. The summed E-state index contributed by atoms with van der Waals surface area (Å²) < 4.78 is 6.03. The Hall–Kier alpha value is -0.860. The van der Waals surface area contributed by atoms with Crippen molar-refractivity contribution in [1.82, 2.24) is 0 Å². The summed E-state index contributed by atoms with van der Waals surface area (Å²) in [5.74, 6) is 0.307. The first-order valence-corrected chi connectivity index (χ1v) is 7.33. The molecule has 0 spiro atoms. The van der Waals surface area contributed by atoms with Crippen molar-refractivity contribution < 1.29 is 9.84 Å². The molecular formula is C17H26O2. The second-order valence-electron chi connectivity index (χ2n) is 6.51. The molecule has 1 aromatic carbocycles. The average molecular weight is 262 g/mol. The molecule has 1 heterocycles. The van der Waals surface area contributed by atoms with Crippen molar-refractivity contribution in [3.8, 4) is 0 Å². The molecule has 106 valence electrons. The van der Waals surface area contributed by atoms with Crippen LogP contribution >= 0.6 is 0 Å². The van der Waals surface area contributed by atoms with Gasteiger partial charge in [0.25, 0.3) is 0 Å². The lowest BCUT2D eigenvalue weighted by Crippen LogP contribution is -2.23. The highest BCUT2D eigenvalue weighted by molar-refractivity contribution is 5.21. The van der Waals surface area contributed by atoms with Gasteiger partial charge in [-0.15, -0.1) is 0 Å². The first-order valence-electron chi connectivity index (χ1n) is 7.33. The van der Waals surface area contributed by atoms with Crippen LogP contribution < -0.4 is 0 Å². The van der Waals surface area contributed by atoms with Crippen LogP contribution in [-0.2, 0) is 11.2 Å². The molecule has 1 saturated heterocycles. The van der Waals surface area contributed by atoms with Gasteiger partial charge in [-0.2, -0.15) is 0 Å². The highest BCUT2D eigenvalue weighted by Crippen LogP contribution is 2.33. The maximum Gasteiger partial charge on any atom is 0.0631 e. The van der Waals surface area contributed by atoms with Gasteiger partial charge in [0, 0.05) is 6.61 Å². The van der Waals surface area contributed by atoms with E-state index in [2.05, 4.69) is 45.0 Å². The van der Waals surface area contributed by atoms with Gasteiger partial charge >= 0.3 is 0 Å². The lowest BCUT2D eigenvalue weighted by atomic mass is 9.93. The van der Waals surface area contributed by atoms with E-state index >= 15 is 0 Å². The SMILES string of the molecule is Cc1ccc(CC(CO)CC2CCC(C)(C)O2)cc1. The summed E-state index contributed by atoms with van der Waals surface area (Å²) >= 11 is 0. The molecular weight excluding hydrogens is 236 g/mol. The van der Waals surface area contributed by atoms with Gasteiger partial charge in [-0.25, -0.2) is 0 Å². The van der Waals surface area contributed by atoms with Crippen LogP contribution in [0, 0.1) is 12.8 Å². The fraction of sp³-hybridized carbons (Fsp3) is 0.647. The summed E-state index contributed by atoms with van der Waals surface area (Å²) in [5.41, 5.74) is 2.61. The molecule has 2 nitrogen and oxygen atoms in total. The first-order chi connectivity index (χ1) is 8.98. The van der Waals surface area contributed by atoms with Crippen LogP contribution in [0.1, 0.15) is 44.2 Å². The van der Waals surface area contributed by atoms with Crippen LogP contribution in [0.25, 0.3) is 0 Å². The zero-order chi connectivity index (χ0) is 13.9. The Morgan fingerprint density at radius 2 is 2.00 bits per heavy atom. The summed E-state index contributed by atoms with van der Waals surface area (Å²) in [6.07, 6.45) is 4.47. The quantitative estimate of drug-likeness (QED) is 0.880. The number of ether oxygens (including phenoxy) is 1. The molecule has 1 aliphatic rings. The van der Waals surface area contributed by atoms with Gasteiger partial charge in [0.05, 0.1) is 11.7 Å². The average Bonchev–Trinajstić information content (AvgIpc) is 2.70. The normalized spacial score (nSPS) is 23.5. The van der Waals surface area contributed by atoms with E-state index in [9.17, 15) is 5.11 Å². The molecule has 0 aromatic heterocycles. The monoisotopic (exact) mass is 262 g/mol. The molecule has 2 heteroatoms. The smallest absolute Gasteiger partial charge is 0.0631 e. The predicted octanol–water partition coefficient (Wildman–Crippen LogP) is 3.49. The molecule has 1 fully saturated rings. The molecule has 0 aliphatic carbocycles. The molecule has 2 rings (SSSR count). The second kappa shape index (κ2) is 6.06. The van der Waals surface area contributed by atoms with Gasteiger partial charge in [0.1, 0.15) is 0 Å². The van der Waals surface area contributed by atoms with E-state index in [4.69, 9.17) is 4.74 Å². The Labute approximate surface area is 116 Å². The Bertz CT molecular complexity index is 394. The minimum Gasteiger partial charge on any atom is -0.396 e. The fourth-order valence-corrected chi connectivity index (χ4v) is 2.90. The molecule has 0 bridgehead atoms. The zero-order valence-electron chi connectivity index (χ0n) is 12.4. The molecule has 2 atom stereocenters. The van der Waals surface area contributed by atoms with E-state index in [-0.39, 0.29) is 12.2 Å². The lowest BCUT2D eigenvalue weighted by Gasteiger charge is -2.22. The first kappa shape index (κ1) is 14.5. The third kappa shape index (κ3) is 4.32. The van der Waals surface area contributed by atoms with Crippen LogP contribution in [-0.4, -0.2) is 23.4 Å². The number of hydrogen-bond donors (Lipinski definition) is 1. The van der Waals surface area contributed by atoms with Gasteiger partial charge in [0.2, 0.25) is 0 Å². The number of aliphatic hydroxyl groups excluding tert-OH is 1. The van der Waals surface area contributed by atoms with Gasteiger partial charge in [0.15, 0.2) is 0 Å². The number of aliphatic hydroxyl groups is 1. The van der Waals surface area contributed by atoms with Crippen LogP contribution in [0.4, 0.5) is 0 Å². The second-order valence-corrected chi connectivity index (χ2v) is 6.51. The van der Waals surface area contributed by atoms with E-state index in [1.54, 1.807) is 0 Å². The summed E-state index contributed by atoms with van der Waals surface area (Å²) in [7, 11) is 0. The van der Waals surface area contributed by atoms with Crippen LogP contribution in [0.5, 0.6) is 0 Å². The van der Waals surface area contributed by atoms with E-state index in [1.807, 2.05) is 0 Å². The van der Waals surface area contributed by atoms with E-state index in [1.165, 1.54) is 11.1 Å². The summed E-state index contributed by atoms with van der Waals surface area (Å²) in [6.45, 7) is 6.65. The van der Waals surface area contributed by atoms with E-state index < -0.39 is 0 Å². The van der Waals surface area contributed by atoms with Crippen molar-refractivity contribution in [2.75, 3.05) is 6.61 Å². The zero-order valence-corrected chi connectivity index (χ0v) is 12.4. The van der Waals surface area contributed by atoms with Gasteiger partial charge in [-0.05, 0) is 57.9 Å². The van der Waals surface area contributed by atoms with E-state index in [0.29, 0.717) is 12.0 Å². The molecule has 0 radical (unpaired) electrons. The van der Waals surface area contributed by atoms with Crippen molar-refractivity contribution in [3.63, 3.8) is 0 Å². The Balaban J connectivity index is 1.88. The molecule has 0 amide bonds. The predicted molar refractivity (Wildman–Crippen MR) is 78.3 cm³/mol. The standard InChI is InChI=1S/C17H26O2/c1-13-4-6-14(7-5-13)10-15(12-18)11-16-8-9-17(2,3)19-16/h4-7,15-16,18H,8-12H2,1-3H3. The van der Waals surface area contributed by atoms with Crippen molar-refractivity contribution in [2.45, 2.75) is 58.2 Å². The fourth-order valence-electron chi connectivity index (χ4n) is 2.90. The Morgan fingerprint density at radius 1 is 1.32 bits per heavy atom. The summed E-state index contributed by atoms with van der Waals surface area (Å²) in [5, 5.41) is 9.58. The number of benzene rings is 1. The van der Waals surface area contributed by atoms with Crippen molar-refractivity contribution >= 4 is 0 Å². The minimum atomic E-state index is 0.0224. The largest absolute Gasteiger partial charge is 0.396 e. The van der Waals surface area contributed by atoms with Crippen LogP contribution in [0.15, 0.2) is 24.3 Å². The maximum atomic E-state index is 9.58. The summed E-state index contributed by atoms with van der Waals surface area (Å²) in [4.78, 5) is 0. The molecule has 1 N–H and O–H groups in total. The van der Waals surface area contributed by atoms with Gasteiger partial charge in [-0.1, -0.05) is 29.8 Å². The van der Waals surface area contributed by atoms with Crippen LogP contribution in [0.3, 0.4) is 0 Å². The van der Waals surface area contributed by atoms with Crippen molar-refractivity contribution in [1.29, 1.82) is 0 Å². The molecule has 1 aliphatic heterocycles. The van der Waals surface area contributed by atoms with Crippen molar-refractivity contribution in [2.24, 2.45) is 5.92 Å². The molecule has 19 heavy (non-hydrogen) atoms. The number of aryl methyl sites for hydroxylation is 1. The third-order valence-electron chi connectivity index (χ3n) is 4.05. The molecule has 1 aromatic rings. The summed E-state index contributed by atoms with van der Waals surface area (Å²) in [6, 6.07) is 8.60. The number of hydrogen-bond acceptors (Lipinski definition) is 2. The Morgan fingerprint density at radius 3 is 2.53 bits per heavy atom.